The summed E-state index contributed by atoms with van der Waals surface area (Å²) in [6.07, 6.45) is 0.409. The molecule has 1 fully saturated rings. The van der Waals surface area contributed by atoms with Crippen molar-refractivity contribution in [3.05, 3.63) is 70.2 Å². The normalized spacial score (nSPS) is 17.7. The van der Waals surface area contributed by atoms with Gasteiger partial charge < -0.3 is 34.3 Å². The Morgan fingerprint density at radius 3 is 2.61 bits per heavy atom. The zero-order chi connectivity index (χ0) is 31.3. The largest absolute Gasteiger partial charge is 0.492 e. The molecule has 0 radical (unpaired) electrons. The first-order valence-corrected chi connectivity index (χ1v) is 15.1. The van der Waals surface area contributed by atoms with Gasteiger partial charge >= 0.3 is 5.97 Å². The Labute approximate surface area is 262 Å². The Hall–Kier alpha value is -3.54. The molecule has 10 nitrogen and oxygen atoms in total. The predicted molar refractivity (Wildman–Crippen MR) is 166 cm³/mol. The van der Waals surface area contributed by atoms with Crippen molar-refractivity contribution < 1.29 is 39.1 Å². The SMILES string of the molecule is Cc1c(COc2cc(OCCN3CC[C@@H](O)C3)c(CNC(C)(CO)C(=O)O)cc2Cl)cccc1-c1ccc2c(c1)OCCO2. The van der Waals surface area contributed by atoms with Crippen molar-refractivity contribution in [2.24, 2.45) is 0 Å². The number of nitrogens with zero attached hydrogens (tertiary/aromatic N) is 1. The monoisotopic (exact) mass is 626 g/mol. The van der Waals surface area contributed by atoms with E-state index in [1.165, 1.54) is 6.92 Å². The van der Waals surface area contributed by atoms with Crippen LogP contribution in [-0.4, -0.2) is 83.9 Å². The topological polar surface area (TPSA) is 130 Å². The summed E-state index contributed by atoms with van der Waals surface area (Å²) in [5, 5.41) is 32.3. The van der Waals surface area contributed by atoms with E-state index in [4.69, 9.17) is 30.5 Å². The van der Waals surface area contributed by atoms with E-state index in [-0.39, 0.29) is 19.3 Å². The third kappa shape index (κ3) is 7.39. The Kier molecular flexibility index (Phi) is 10.2. The lowest BCUT2D eigenvalue weighted by Gasteiger charge is -2.25. The number of nitrogens with one attached hydrogen (secondary N) is 1. The number of hydrogen-bond donors (Lipinski definition) is 4. The number of rotatable bonds is 13. The summed E-state index contributed by atoms with van der Waals surface area (Å²) in [7, 11) is 0. The highest BCUT2D eigenvalue weighted by Crippen LogP contribution is 2.37. The van der Waals surface area contributed by atoms with Crippen LogP contribution in [0.3, 0.4) is 0 Å². The second-order valence-corrected chi connectivity index (χ2v) is 11.8. The fourth-order valence-electron chi connectivity index (χ4n) is 5.27. The van der Waals surface area contributed by atoms with Gasteiger partial charge in [0.15, 0.2) is 11.5 Å². The Morgan fingerprint density at radius 1 is 1.09 bits per heavy atom. The number of β-amino-alcohol motifs (C(OH)–C–C–N with tert-alkyl or cyclic N) is 1. The summed E-state index contributed by atoms with van der Waals surface area (Å²) in [4.78, 5) is 13.8. The lowest BCUT2D eigenvalue weighted by Crippen LogP contribution is -2.52. The molecule has 11 heteroatoms. The number of hydrogen-bond acceptors (Lipinski definition) is 9. The van der Waals surface area contributed by atoms with E-state index in [1.807, 2.05) is 37.3 Å². The van der Waals surface area contributed by atoms with Crippen molar-refractivity contribution in [2.75, 3.05) is 46.1 Å². The molecule has 3 aromatic rings. The van der Waals surface area contributed by atoms with Crippen LogP contribution in [0, 0.1) is 6.92 Å². The van der Waals surface area contributed by atoms with E-state index < -0.39 is 18.1 Å². The van der Waals surface area contributed by atoms with Gasteiger partial charge in [-0.3, -0.25) is 15.0 Å². The van der Waals surface area contributed by atoms with Crippen LogP contribution in [0.25, 0.3) is 11.1 Å². The van der Waals surface area contributed by atoms with Crippen molar-refractivity contribution >= 4 is 17.6 Å². The summed E-state index contributed by atoms with van der Waals surface area (Å²) >= 11 is 6.67. The van der Waals surface area contributed by atoms with Crippen LogP contribution in [0.4, 0.5) is 0 Å². The number of aliphatic hydroxyl groups is 2. The third-order valence-electron chi connectivity index (χ3n) is 8.17. The van der Waals surface area contributed by atoms with Crippen molar-refractivity contribution in [1.29, 1.82) is 0 Å². The molecule has 1 saturated heterocycles. The Morgan fingerprint density at radius 2 is 1.89 bits per heavy atom. The number of halogens is 1. The van der Waals surface area contributed by atoms with Gasteiger partial charge in [-0.1, -0.05) is 35.9 Å². The first kappa shape index (κ1) is 31.9. The quantitative estimate of drug-likeness (QED) is 0.221. The molecule has 2 aliphatic heterocycles. The molecule has 2 aliphatic rings. The zero-order valence-electron chi connectivity index (χ0n) is 25.0. The van der Waals surface area contributed by atoms with Crippen molar-refractivity contribution in [1.82, 2.24) is 10.2 Å². The van der Waals surface area contributed by atoms with Gasteiger partial charge in [-0.2, -0.15) is 0 Å². The minimum atomic E-state index is -1.54. The van der Waals surface area contributed by atoms with Crippen LogP contribution in [-0.2, 0) is 17.9 Å². The average Bonchev–Trinajstić information content (AvgIpc) is 3.44. The summed E-state index contributed by atoms with van der Waals surface area (Å²) in [5.74, 6) is 1.21. The minimum Gasteiger partial charge on any atom is -0.492 e. The maximum absolute atomic E-state index is 11.7. The van der Waals surface area contributed by atoms with Gasteiger partial charge in [-0.15, -0.1) is 0 Å². The highest BCUT2D eigenvalue weighted by molar-refractivity contribution is 6.32. The number of ether oxygens (including phenoxy) is 4. The van der Waals surface area contributed by atoms with Crippen LogP contribution in [0.1, 0.15) is 30.0 Å². The second-order valence-electron chi connectivity index (χ2n) is 11.4. The first-order valence-electron chi connectivity index (χ1n) is 14.7. The lowest BCUT2D eigenvalue weighted by molar-refractivity contribution is -0.145. The fraction of sp³-hybridized carbons (Fsp3) is 0.424. The molecule has 4 N–H and O–H groups in total. The van der Waals surface area contributed by atoms with E-state index in [0.717, 1.165) is 46.7 Å². The van der Waals surface area contributed by atoms with Gasteiger partial charge in [0.1, 0.15) is 43.5 Å². The molecule has 0 amide bonds. The van der Waals surface area contributed by atoms with Crippen LogP contribution >= 0.6 is 11.6 Å². The molecule has 1 unspecified atom stereocenters. The smallest absolute Gasteiger partial charge is 0.326 e. The van der Waals surface area contributed by atoms with E-state index in [2.05, 4.69) is 16.3 Å². The molecule has 0 spiro atoms. The molecular formula is C33H39ClN2O8. The third-order valence-corrected chi connectivity index (χ3v) is 8.46. The molecule has 0 aromatic heterocycles. The molecular weight excluding hydrogens is 588 g/mol. The molecule has 0 bridgehead atoms. The molecule has 5 rings (SSSR count). The lowest BCUT2D eigenvalue weighted by atomic mass is 9.96. The highest BCUT2D eigenvalue weighted by Gasteiger charge is 2.32. The van der Waals surface area contributed by atoms with E-state index in [1.54, 1.807) is 12.1 Å². The maximum Gasteiger partial charge on any atom is 0.326 e. The number of carboxylic acids is 1. The van der Waals surface area contributed by atoms with Crippen molar-refractivity contribution in [2.45, 2.75) is 45.1 Å². The van der Waals surface area contributed by atoms with Gasteiger partial charge in [0.25, 0.3) is 0 Å². The van der Waals surface area contributed by atoms with Crippen LogP contribution in [0.5, 0.6) is 23.0 Å². The number of aliphatic hydroxyl groups excluding tert-OH is 2. The zero-order valence-corrected chi connectivity index (χ0v) is 25.7. The number of likely N-dealkylation sites (tertiary alicyclic amines) is 1. The number of carbonyl (C=O) groups is 1. The van der Waals surface area contributed by atoms with Gasteiger partial charge in [0.2, 0.25) is 0 Å². The number of carboxylic acid groups (broad SMARTS) is 1. The molecule has 3 aromatic carbocycles. The molecule has 44 heavy (non-hydrogen) atoms. The molecule has 2 heterocycles. The first-order chi connectivity index (χ1) is 21.2. The molecule has 0 aliphatic carbocycles. The van der Waals surface area contributed by atoms with Gasteiger partial charge in [-0.25, -0.2) is 0 Å². The van der Waals surface area contributed by atoms with Crippen LogP contribution in [0.2, 0.25) is 5.02 Å². The number of aliphatic carboxylic acids is 1. The summed E-state index contributed by atoms with van der Waals surface area (Å²) < 4.78 is 23.8. The molecule has 0 saturated carbocycles. The van der Waals surface area contributed by atoms with Crippen LogP contribution in [0.15, 0.2) is 48.5 Å². The van der Waals surface area contributed by atoms with Gasteiger partial charge in [0, 0.05) is 37.8 Å². The summed E-state index contributed by atoms with van der Waals surface area (Å²) in [5.41, 5.74) is 3.20. The standard InChI is InChI=1S/C33H39ClN2O8/c1-21-23(4-3-5-26(21)22-6-7-28-31(15-22)43-13-12-42-28)19-44-30-16-29(41-11-10-36-9-8-25(38)18-36)24(14-27(30)34)17-35-33(2,20-37)32(39)40/h3-7,14-16,25,35,37-38H,8-13,17-20H2,1-2H3,(H,39,40)/t25-,33?/m1/s1. The minimum absolute atomic E-state index is 0.0950. The highest BCUT2D eigenvalue weighted by atomic mass is 35.5. The summed E-state index contributed by atoms with van der Waals surface area (Å²) in [6.45, 7) is 6.66. The van der Waals surface area contributed by atoms with Crippen molar-refractivity contribution in [3.63, 3.8) is 0 Å². The molecule has 2 atom stereocenters. The Bertz CT molecular complexity index is 1480. The summed E-state index contributed by atoms with van der Waals surface area (Å²) in [6, 6.07) is 15.4. The van der Waals surface area contributed by atoms with Gasteiger partial charge in [0.05, 0.1) is 17.7 Å². The van der Waals surface area contributed by atoms with E-state index in [0.29, 0.717) is 55.0 Å². The van der Waals surface area contributed by atoms with Gasteiger partial charge in [-0.05, 0) is 60.7 Å². The van der Waals surface area contributed by atoms with E-state index >= 15 is 0 Å². The fourth-order valence-corrected chi connectivity index (χ4v) is 5.51. The van der Waals surface area contributed by atoms with E-state index in [9.17, 15) is 20.1 Å². The second kappa shape index (κ2) is 14.0. The maximum atomic E-state index is 11.7. The average molecular weight is 627 g/mol. The van der Waals surface area contributed by atoms with Crippen LogP contribution < -0.4 is 24.3 Å². The predicted octanol–water partition coefficient (Wildman–Crippen LogP) is 4.04. The molecule has 236 valence electrons. The number of benzene rings is 3. The Balaban J connectivity index is 1.33. The van der Waals surface area contributed by atoms with Crippen molar-refractivity contribution in [3.8, 4) is 34.1 Å². The number of fused-ring (bicyclic) bond motifs is 1.